The molecule has 0 aromatic rings. The summed E-state index contributed by atoms with van der Waals surface area (Å²) in [4.78, 5) is 0. The van der Waals surface area contributed by atoms with Crippen LogP contribution in [0.15, 0.2) is 36.6 Å². The monoisotopic (exact) mass is 208 g/mol. The first-order valence-electron chi connectivity index (χ1n) is 5.67. The standard InChI is InChI=1S/C14H24O/c1-6-8-10-14(9-7-2)12(3)11-13(4)15-5/h7,11,14H,2-3,6,8-10H2,1,4-5H3/b13-11+. The lowest BCUT2D eigenvalue weighted by molar-refractivity contribution is 0.292. The van der Waals surface area contributed by atoms with E-state index in [1.54, 1.807) is 7.11 Å². The van der Waals surface area contributed by atoms with Crippen molar-refractivity contribution in [1.82, 2.24) is 0 Å². The van der Waals surface area contributed by atoms with Gasteiger partial charge in [-0.05, 0) is 37.3 Å². The Labute approximate surface area is 94.5 Å². The second-order valence-corrected chi connectivity index (χ2v) is 3.90. The normalized spacial score (nSPS) is 13.4. The highest BCUT2D eigenvalue weighted by atomic mass is 16.5. The molecule has 0 rings (SSSR count). The molecule has 0 saturated carbocycles. The summed E-state index contributed by atoms with van der Waals surface area (Å²) in [5.74, 6) is 1.44. The second-order valence-electron chi connectivity index (χ2n) is 3.90. The molecule has 0 amide bonds. The molecule has 1 unspecified atom stereocenters. The van der Waals surface area contributed by atoms with Crippen LogP contribution in [0, 0.1) is 5.92 Å². The first-order chi connectivity index (χ1) is 7.15. The van der Waals surface area contributed by atoms with Crippen LogP contribution < -0.4 is 0 Å². The molecule has 0 aliphatic carbocycles. The van der Waals surface area contributed by atoms with Crippen LogP contribution in [-0.2, 0) is 4.74 Å². The largest absolute Gasteiger partial charge is 0.501 e. The third kappa shape index (κ3) is 6.16. The van der Waals surface area contributed by atoms with Crippen LogP contribution in [-0.4, -0.2) is 7.11 Å². The predicted octanol–water partition coefficient (Wildman–Crippen LogP) is 4.48. The zero-order valence-electron chi connectivity index (χ0n) is 10.4. The summed E-state index contributed by atoms with van der Waals surface area (Å²) in [5, 5.41) is 0. The zero-order valence-corrected chi connectivity index (χ0v) is 10.4. The topological polar surface area (TPSA) is 9.23 Å². The van der Waals surface area contributed by atoms with Crippen molar-refractivity contribution in [2.75, 3.05) is 7.11 Å². The Hall–Kier alpha value is -0.980. The number of rotatable bonds is 8. The van der Waals surface area contributed by atoms with Gasteiger partial charge in [-0.15, -0.1) is 6.58 Å². The number of hydrogen-bond acceptors (Lipinski definition) is 1. The van der Waals surface area contributed by atoms with Crippen LogP contribution in [0.1, 0.15) is 39.5 Å². The molecule has 0 fully saturated rings. The lowest BCUT2D eigenvalue weighted by Gasteiger charge is -2.15. The summed E-state index contributed by atoms with van der Waals surface area (Å²) < 4.78 is 5.13. The Morgan fingerprint density at radius 3 is 2.60 bits per heavy atom. The van der Waals surface area contributed by atoms with E-state index >= 15 is 0 Å². The van der Waals surface area contributed by atoms with Crippen molar-refractivity contribution in [3.63, 3.8) is 0 Å². The molecule has 0 aromatic heterocycles. The highest BCUT2D eigenvalue weighted by Gasteiger charge is 2.09. The van der Waals surface area contributed by atoms with Gasteiger partial charge in [-0.1, -0.05) is 32.4 Å². The number of methoxy groups -OCH3 is 1. The van der Waals surface area contributed by atoms with Gasteiger partial charge in [-0.2, -0.15) is 0 Å². The Kier molecular flexibility index (Phi) is 7.79. The smallest absolute Gasteiger partial charge is 0.0927 e. The first-order valence-corrected chi connectivity index (χ1v) is 5.67. The van der Waals surface area contributed by atoms with Gasteiger partial charge < -0.3 is 4.74 Å². The van der Waals surface area contributed by atoms with Crippen molar-refractivity contribution in [2.24, 2.45) is 5.92 Å². The molecule has 1 heteroatoms. The molecule has 0 saturated heterocycles. The van der Waals surface area contributed by atoms with Gasteiger partial charge in [0.15, 0.2) is 0 Å². The highest BCUT2D eigenvalue weighted by molar-refractivity contribution is 5.20. The lowest BCUT2D eigenvalue weighted by Crippen LogP contribution is -2.01. The Morgan fingerprint density at radius 2 is 2.13 bits per heavy atom. The fourth-order valence-electron chi connectivity index (χ4n) is 1.54. The maximum atomic E-state index is 5.13. The van der Waals surface area contributed by atoms with Crippen LogP contribution in [0.4, 0.5) is 0 Å². The van der Waals surface area contributed by atoms with Crippen molar-refractivity contribution in [2.45, 2.75) is 39.5 Å². The van der Waals surface area contributed by atoms with Crippen LogP contribution in [0.5, 0.6) is 0 Å². The summed E-state index contributed by atoms with van der Waals surface area (Å²) >= 11 is 0. The van der Waals surface area contributed by atoms with Gasteiger partial charge in [0, 0.05) is 0 Å². The van der Waals surface area contributed by atoms with E-state index in [-0.39, 0.29) is 0 Å². The third-order valence-electron chi connectivity index (χ3n) is 2.59. The van der Waals surface area contributed by atoms with E-state index in [0.29, 0.717) is 5.92 Å². The number of allylic oxidation sites excluding steroid dienone is 4. The maximum Gasteiger partial charge on any atom is 0.0927 e. The molecular weight excluding hydrogens is 184 g/mol. The minimum absolute atomic E-state index is 0.521. The number of unbranched alkanes of at least 4 members (excludes halogenated alkanes) is 1. The summed E-state index contributed by atoms with van der Waals surface area (Å²) in [6.07, 6.45) is 8.68. The number of ether oxygens (including phenoxy) is 1. The summed E-state index contributed by atoms with van der Waals surface area (Å²) in [6, 6.07) is 0. The van der Waals surface area contributed by atoms with Gasteiger partial charge in [0.05, 0.1) is 12.9 Å². The molecule has 1 atom stereocenters. The molecule has 0 N–H and O–H groups in total. The molecular formula is C14H24O. The molecule has 0 aromatic carbocycles. The summed E-state index contributed by atoms with van der Waals surface area (Å²) in [7, 11) is 1.69. The molecule has 15 heavy (non-hydrogen) atoms. The summed E-state index contributed by atoms with van der Waals surface area (Å²) in [6.45, 7) is 12.1. The van der Waals surface area contributed by atoms with E-state index in [9.17, 15) is 0 Å². The van der Waals surface area contributed by atoms with Gasteiger partial charge in [-0.3, -0.25) is 0 Å². The fraction of sp³-hybridized carbons (Fsp3) is 0.571. The quantitative estimate of drug-likeness (QED) is 0.325. The van der Waals surface area contributed by atoms with Crippen LogP contribution >= 0.6 is 0 Å². The Bertz CT molecular complexity index is 225. The van der Waals surface area contributed by atoms with Crippen molar-refractivity contribution in [3.05, 3.63) is 36.6 Å². The van der Waals surface area contributed by atoms with Crippen molar-refractivity contribution < 1.29 is 4.74 Å². The van der Waals surface area contributed by atoms with Gasteiger partial charge in [-0.25, -0.2) is 0 Å². The Balaban J connectivity index is 4.33. The van der Waals surface area contributed by atoms with Crippen molar-refractivity contribution in [1.29, 1.82) is 0 Å². The van der Waals surface area contributed by atoms with Gasteiger partial charge in [0.2, 0.25) is 0 Å². The average molecular weight is 208 g/mol. The van der Waals surface area contributed by atoms with E-state index in [4.69, 9.17) is 4.74 Å². The number of hydrogen-bond donors (Lipinski definition) is 0. The maximum absolute atomic E-state index is 5.13. The minimum atomic E-state index is 0.521. The zero-order chi connectivity index (χ0) is 11.7. The Morgan fingerprint density at radius 1 is 1.47 bits per heavy atom. The lowest BCUT2D eigenvalue weighted by atomic mass is 9.91. The molecule has 0 spiro atoms. The molecule has 1 nitrogen and oxygen atoms in total. The van der Waals surface area contributed by atoms with Crippen LogP contribution in [0.2, 0.25) is 0 Å². The molecule has 86 valence electrons. The van der Waals surface area contributed by atoms with Crippen molar-refractivity contribution in [3.8, 4) is 0 Å². The van der Waals surface area contributed by atoms with Crippen molar-refractivity contribution >= 4 is 0 Å². The van der Waals surface area contributed by atoms with Crippen LogP contribution in [0.3, 0.4) is 0 Å². The van der Waals surface area contributed by atoms with Gasteiger partial charge in [0.25, 0.3) is 0 Å². The molecule has 0 aliphatic heterocycles. The van der Waals surface area contributed by atoms with E-state index in [0.717, 1.165) is 17.8 Å². The van der Waals surface area contributed by atoms with E-state index in [1.165, 1.54) is 19.3 Å². The average Bonchev–Trinajstić information content (AvgIpc) is 2.23. The summed E-state index contributed by atoms with van der Waals surface area (Å²) in [5.41, 5.74) is 1.16. The molecule has 0 heterocycles. The predicted molar refractivity (Wildman–Crippen MR) is 67.7 cm³/mol. The second kappa shape index (κ2) is 8.34. The first kappa shape index (κ1) is 14.0. The molecule has 0 bridgehead atoms. The van der Waals surface area contributed by atoms with E-state index in [2.05, 4.69) is 20.1 Å². The van der Waals surface area contributed by atoms with Gasteiger partial charge >= 0.3 is 0 Å². The molecule has 0 aliphatic rings. The van der Waals surface area contributed by atoms with E-state index in [1.807, 2.05) is 19.1 Å². The minimum Gasteiger partial charge on any atom is -0.501 e. The molecule has 0 radical (unpaired) electrons. The SMILES string of the molecule is C=CCC(CCCC)C(=C)/C=C(\C)OC. The third-order valence-corrected chi connectivity index (χ3v) is 2.59. The van der Waals surface area contributed by atoms with E-state index < -0.39 is 0 Å². The van der Waals surface area contributed by atoms with Gasteiger partial charge in [0.1, 0.15) is 0 Å². The fourth-order valence-corrected chi connectivity index (χ4v) is 1.54. The highest BCUT2D eigenvalue weighted by Crippen LogP contribution is 2.23. The van der Waals surface area contributed by atoms with Crippen LogP contribution in [0.25, 0.3) is 0 Å².